The molecule has 136 valence electrons. The topological polar surface area (TPSA) is 77.1 Å². The molecule has 1 fully saturated rings. The third-order valence-electron chi connectivity index (χ3n) is 4.98. The monoisotopic (exact) mass is 353 g/mol. The van der Waals surface area contributed by atoms with E-state index < -0.39 is 0 Å². The van der Waals surface area contributed by atoms with E-state index in [2.05, 4.69) is 15.2 Å². The number of para-hydroxylation sites is 2. The molecule has 26 heavy (non-hydrogen) atoms. The van der Waals surface area contributed by atoms with Crippen molar-refractivity contribution in [1.29, 1.82) is 0 Å². The third kappa shape index (κ3) is 3.21. The second-order valence-electron chi connectivity index (χ2n) is 7.15. The van der Waals surface area contributed by atoms with E-state index in [1.165, 1.54) is 0 Å². The van der Waals surface area contributed by atoms with Crippen molar-refractivity contribution < 1.29 is 9.21 Å². The van der Waals surface area contributed by atoms with Gasteiger partial charge in [-0.15, -0.1) is 10.2 Å². The molecular weight excluding hydrogens is 330 g/mol. The average Bonchev–Trinajstić information content (AvgIpc) is 3.30. The first-order valence-electron chi connectivity index (χ1n) is 9.12. The zero-order valence-corrected chi connectivity index (χ0v) is 15.1. The molecule has 0 atom stereocenters. The minimum atomic E-state index is 0.125. The van der Waals surface area contributed by atoms with E-state index in [9.17, 15) is 4.79 Å². The van der Waals surface area contributed by atoms with Crippen LogP contribution < -0.4 is 0 Å². The summed E-state index contributed by atoms with van der Waals surface area (Å²) < 4.78 is 7.69. The second-order valence-corrected chi connectivity index (χ2v) is 7.15. The van der Waals surface area contributed by atoms with Crippen LogP contribution in [0.1, 0.15) is 50.3 Å². The van der Waals surface area contributed by atoms with E-state index >= 15 is 0 Å². The minimum absolute atomic E-state index is 0.125. The lowest BCUT2D eigenvalue weighted by molar-refractivity contribution is -0.132. The number of carbonyl (C=O) groups excluding carboxylic acids is 1. The van der Waals surface area contributed by atoms with Crippen molar-refractivity contribution in [3.05, 3.63) is 42.4 Å². The predicted octanol–water partition coefficient (Wildman–Crippen LogP) is 2.95. The highest BCUT2D eigenvalue weighted by Crippen LogP contribution is 2.28. The summed E-state index contributed by atoms with van der Waals surface area (Å²) >= 11 is 0. The Morgan fingerprint density at radius 1 is 1.23 bits per heavy atom. The number of piperidine rings is 1. The maximum absolute atomic E-state index is 12.7. The van der Waals surface area contributed by atoms with Crippen LogP contribution in [-0.2, 0) is 11.3 Å². The molecule has 0 spiro atoms. The van der Waals surface area contributed by atoms with Crippen LogP contribution in [0.25, 0.3) is 11.0 Å². The fourth-order valence-electron chi connectivity index (χ4n) is 3.40. The van der Waals surface area contributed by atoms with E-state index in [1.54, 1.807) is 6.33 Å². The third-order valence-corrected chi connectivity index (χ3v) is 4.98. The van der Waals surface area contributed by atoms with Crippen LogP contribution >= 0.6 is 0 Å². The van der Waals surface area contributed by atoms with Gasteiger partial charge in [0, 0.05) is 24.9 Å². The Morgan fingerprint density at radius 3 is 2.73 bits per heavy atom. The molecule has 3 aromatic rings. The molecule has 3 heterocycles. The molecule has 0 unspecified atom stereocenters. The van der Waals surface area contributed by atoms with Gasteiger partial charge in [0.1, 0.15) is 6.54 Å². The zero-order valence-electron chi connectivity index (χ0n) is 15.1. The fraction of sp³-hybridized carbons (Fsp3) is 0.474. The summed E-state index contributed by atoms with van der Waals surface area (Å²) in [5.41, 5.74) is 1.90. The Hall–Kier alpha value is -2.70. The molecule has 0 radical (unpaired) electrons. The fourth-order valence-corrected chi connectivity index (χ4v) is 3.40. The normalized spacial score (nSPS) is 15.9. The highest BCUT2D eigenvalue weighted by Gasteiger charge is 2.27. The summed E-state index contributed by atoms with van der Waals surface area (Å²) in [7, 11) is 0. The van der Waals surface area contributed by atoms with Crippen molar-refractivity contribution in [2.45, 2.75) is 45.1 Å². The molecule has 7 heteroatoms. The molecule has 1 aliphatic heterocycles. The molecule has 4 rings (SSSR count). The van der Waals surface area contributed by atoms with Crippen molar-refractivity contribution in [3.8, 4) is 0 Å². The average molecular weight is 353 g/mol. The lowest BCUT2D eigenvalue weighted by Crippen LogP contribution is -2.39. The number of hydrogen-bond acceptors (Lipinski definition) is 5. The Labute approximate surface area is 152 Å². The van der Waals surface area contributed by atoms with Crippen LogP contribution in [0.5, 0.6) is 0 Å². The van der Waals surface area contributed by atoms with Gasteiger partial charge in [-0.1, -0.05) is 26.0 Å². The summed E-state index contributed by atoms with van der Waals surface area (Å²) in [5.74, 6) is 2.00. The number of nitrogens with zero attached hydrogens (tertiary/aromatic N) is 5. The first-order valence-corrected chi connectivity index (χ1v) is 9.12. The highest BCUT2D eigenvalue weighted by atomic mass is 16.4. The summed E-state index contributed by atoms with van der Waals surface area (Å²) in [4.78, 5) is 18.9. The molecule has 0 saturated carbocycles. The summed E-state index contributed by atoms with van der Waals surface area (Å²) in [6.07, 6.45) is 3.45. The Kier molecular flexibility index (Phi) is 4.44. The van der Waals surface area contributed by atoms with Crippen molar-refractivity contribution in [2.75, 3.05) is 13.1 Å². The number of carbonyl (C=O) groups is 1. The van der Waals surface area contributed by atoms with E-state index in [4.69, 9.17) is 4.42 Å². The van der Waals surface area contributed by atoms with Crippen molar-refractivity contribution in [2.24, 2.45) is 0 Å². The van der Waals surface area contributed by atoms with Gasteiger partial charge in [0.25, 0.3) is 0 Å². The molecule has 2 aromatic heterocycles. The molecule has 1 amide bonds. The van der Waals surface area contributed by atoms with Gasteiger partial charge in [0.2, 0.25) is 17.7 Å². The van der Waals surface area contributed by atoms with Gasteiger partial charge < -0.3 is 13.9 Å². The molecule has 7 nitrogen and oxygen atoms in total. The molecule has 1 aliphatic rings. The van der Waals surface area contributed by atoms with Crippen LogP contribution in [0, 0.1) is 0 Å². The number of benzene rings is 1. The largest absolute Gasteiger partial charge is 0.425 e. The maximum Gasteiger partial charge on any atom is 0.242 e. The van der Waals surface area contributed by atoms with Crippen LogP contribution in [0.4, 0.5) is 0 Å². The van der Waals surface area contributed by atoms with Crippen molar-refractivity contribution in [1.82, 2.24) is 24.6 Å². The number of aromatic nitrogens is 4. The maximum atomic E-state index is 12.7. The Morgan fingerprint density at radius 2 is 2.00 bits per heavy atom. The van der Waals surface area contributed by atoms with Gasteiger partial charge in [-0.3, -0.25) is 4.79 Å². The van der Waals surface area contributed by atoms with E-state index in [0.29, 0.717) is 18.3 Å². The number of rotatable bonds is 4. The lowest BCUT2D eigenvalue weighted by Gasteiger charge is -2.30. The van der Waals surface area contributed by atoms with Crippen LogP contribution in [0.2, 0.25) is 0 Å². The summed E-state index contributed by atoms with van der Waals surface area (Å²) in [6.45, 7) is 5.84. The van der Waals surface area contributed by atoms with Gasteiger partial charge >= 0.3 is 0 Å². The minimum Gasteiger partial charge on any atom is -0.425 e. The predicted molar refractivity (Wildman–Crippen MR) is 96.7 cm³/mol. The summed E-state index contributed by atoms with van der Waals surface area (Å²) in [6, 6.07) is 7.86. The molecular formula is C19H23N5O2. The first kappa shape index (κ1) is 16.8. The molecule has 0 bridgehead atoms. The quantitative estimate of drug-likeness (QED) is 0.721. The Bertz CT molecular complexity index is 905. The van der Waals surface area contributed by atoms with Crippen molar-refractivity contribution in [3.63, 3.8) is 0 Å². The Balaban J connectivity index is 1.37. The molecule has 0 aliphatic carbocycles. The smallest absolute Gasteiger partial charge is 0.242 e. The van der Waals surface area contributed by atoms with Gasteiger partial charge in [-0.05, 0) is 25.0 Å². The first-order chi connectivity index (χ1) is 12.6. The number of hydrogen-bond donors (Lipinski definition) is 0. The number of amides is 1. The van der Waals surface area contributed by atoms with Gasteiger partial charge in [0.15, 0.2) is 0 Å². The van der Waals surface area contributed by atoms with Crippen LogP contribution in [0.15, 0.2) is 35.0 Å². The highest BCUT2D eigenvalue weighted by molar-refractivity contribution is 5.80. The van der Waals surface area contributed by atoms with Gasteiger partial charge in [-0.2, -0.15) is 0 Å². The lowest BCUT2D eigenvalue weighted by atomic mass is 9.97. The molecule has 0 N–H and O–H groups in total. The number of imidazole rings is 1. The van der Waals surface area contributed by atoms with E-state index in [1.807, 2.05) is 47.6 Å². The number of likely N-dealkylation sites (tertiary alicyclic amines) is 1. The van der Waals surface area contributed by atoms with Gasteiger partial charge in [-0.25, -0.2) is 4.98 Å². The van der Waals surface area contributed by atoms with Crippen LogP contribution in [-0.4, -0.2) is 43.6 Å². The van der Waals surface area contributed by atoms with E-state index in [-0.39, 0.29) is 17.7 Å². The van der Waals surface area contributed by atoms with Gasteiger partial charge in [0.05, 0.1) is 17.4 Å². The van der Waals surface area contributed by atoms with E-state index in [0.717, 1.165) is 37.0 Å². The SMILES string of the molecule is CC(C)c1nnc(C2CCN(C(=O)Cn3cnc4ccccc43)CC2)o1. The second kappa shape index (κ2) is 6.90. The molecule has 1 saturated heterocycles. The molecule has 1 aromatic carbocycles. The summed E-state index contributed by atoms with van der Waals surface area (Å²) in [5, 5.41) is 8.31. The zero-order chi connectivity index (χ0) is 18.1. The van der Waals surface area contributed by atoms with Crippen molar-refractivity contribution >= 4 is 16.9 Å². The van der Waals surface area contributed by atoms with Crippen LogP contribution in [0.3, 0.4) is 0 Å². The number of fused-ring (bicyclic) bond motifs is 1. The standard InChI is InChI=1S/C19H23N5O2/c1-13(2)18-21-22-19(26-18)14-7-9-23(10-8-14)17(25)11-24-12-20-15-5-3-4-6-16(15)24/h3-6,12-14H,7-11H2,1-2H3.